The summed E-state index contributed by atoms with van der Waals surface area (Å²) in [7, 11) is -1.23. The number of carbonyl (C=O) groups is 1. The number of likely N-dealkylation sites (N-methyl/N-ethyl adjacent to an activating group) is 1. The number of nitrogens with one attached hydrogen (secondary N) is 1. The molecule has 0 saturated carbocycles. The van der Waals surface area contributed by atoms with Crippen LogP contribution >= 0.6 is 11.3 Å². The average Bonchev–Trinajstić information content (AvgIpc) is 3.14. The Morgan fingerprint density at radius 3 is 2.76 bits per heavy atom. The van der Waals surface area contributed by atoms with Gasteiger partial charge in [0, 0.05) is 17.0 Å². The number of amides is 1. The molecule has 2 heterocycles. The lowest BCUT2D eigenvalue weighted by Crippen LogP contribution is -2.38. The van der Waals surface area contributed by atoms with Gasteiger partial charge in [0.25, 0.3) is 0 Å². The van der Waals surface area contributed by atoms with Crippen LogP contribution in [-0.2, 0) is 14.6 Å². The Kier molecular flexibility index (Phi) is 5.16. The van der Waals surface area contributed by atoms with E-state index in [1.54, 1.807) is 29.5 Å². The van der Waals surface area contributed by atoms with Crippen LogP contribution < -0.4 is 5.32 Å². The summed E-state index contributed by atoms with van der Waals surface area (Å²) >= 11 is 1.28. The molecule has 1 fully saturated rings. The van der Waals surface area contributed by atoms with Crippen LogP contribution in [0.3, 0.4) is 0 Å². The Hall–Kier alpha value is -1.84. The number of hydrogen-bond donors (Lipinski definition) is 1. The first kappa shape index (κ1) is 18.0. The first-order valence-corrected chi connectivity index (χ1v) is 10.4. The van der Waals surface area contributed by atoms with Crippen LogP contribution in [0, 0.1) is 5.82 Å². The van der Waals surface area contributed by atoms with Gasteiger partial charge in [-0.05, 0) is 37.7 Å². The molecule has 1 aromatic heterocycles. The number of rotatable bonds is 5. The molecule has 1 aliphatic rings. The van der Waals surface area contributed by atoms with Gasteiger partial charge in [0.15, 0.2) is 15.0 Å². The average molecular weight is 383 g/mol. The standard InChI is InChI=1S/C16H18FN3O3S2/c1-20(13-6-7-25(22,23)10-13)8-15(21)19-16-18-14(9-24-16)11-2-4-12(17)5-3-11/h2-5,9,13H,6-8,10H2,1H3,(H,18,19,21). The van der Waals surface area contributed by atoms with Crippen LogP contribution in [0.15, 0.2) is 29.6 Å². The van der Waals surface area contributed by atoms with Crippen molar-refractivity contribution in [2.45, 2.75) is 12.5 Å². The van der Waals surface area contributed by atoms with E-state index in [1.165, 1.54) is 23.5 Å². The van der Waals surface area contributed by atoms with E-state index in [0.29, 0.717) is 17.2 Å². The predicted octanol–water partition coefficient (Wildman–Crippen LogP) is 2.01. The number of aromatic nitrogens is 1. The summed E-state index contributed by atoms with van der Waals surface area (Å²) < 4.78 is 36.0. The molecular formula is C16H18FN3O3S2. The first-order valence-electron chi connectivity index (χ1n) is 7.74. The quantitative estimate of drug-likeness (QED) is 0.854. The summed E-state index contributed by atoms with van der Waals surface area (Å²) in [5, 5.41) is 4.96. The molecule has 1 amide bonds. The Morgan fingerprint density at radius 1 is 1.40 bits per heavy atom. The number of hydrogen-bond acceptors (Lipinski definition) is 6. The lowest BCUT2D eigenvalue weighted by atomic mass is 10.2. The SMILES string of the molecule is CN(CC(=O)Nc1nc(-c2ccc(F)cc2)cs1)C1CCS(=O)(=O)C1. The Morgan fingerprint density at radius 2 is 2.12 bits per heavy atom. The normalized spacial score (nSPS) is 19.2. The van der Waals surface area contributed by atoms with Crippen molar-refractivity contribution in [1.29, 1.82) is 0 Å². The third-order valence-electron chi connectivity index (χ3n) is 4.12. The summed E-state index contributed by atoms with van der Waals surface area (Å²) in [6, 6.07) is 5.85. The van der Waals surface area contributed by atoms with E-state index in [1.807, 2.05) is 0 Å². The van der Waals surface area contributed by atoms with Crippen molar-refractivity contribution >= 4 is 32.2 Å². The van der Waals surface area contributed by atoms with Gasteiger partial charge < -0.3 is 5.32 Å². The Balaban J connectivity index is 1.57. The monoisotopic (exact) mass is 383 g/mol. The van der Waals surface area contributed by atoms with Gasteiger partial charge in [0.1, 0.15) is 5.82 Å². The summed E-state index contributed by atoms with van der Waals surface area (Å²) in [5.41, 5.74) is 1.43. The van der Waals surface area contributed by atoms with E-state index in [0.717, 1.165) is 5.56 Å². The molecule has 0 spiro atoms. The highest BCUT2D eigenvalue weighted by atomic mass is 32.2. The van der Waals surface area contributed by atoms with Gasteiger partial charge in [0.05, 0.1) is 23.7 Å². The maximum Gasteiger partial charge on any atom is 0.240 e. The zero-order valence-electron chi connectivity index (χ0n) is 13.6. The molecule has 0 radical (unpaired) electrons. The highest BCUT2D eigenvalue weighted by Gasteiger charge is 2.31. The number of benzene rings is 1. The van der Waals surface area contributed by atoms with Crippen molar-refractivity contribution in [2.24, 2.45) is 0 Å². The van der Waals surface area contributed by atoms with Crippen molar-refractivity contribution in [3.8, 4) is 11.3 Å². The molecule has 1 N–H and O–H groups in total. The van der Waals surface area contributed by atoms with Gasteiger partial charge >= 0.3 is 0 Å². The number of nitrogens with zero attached hydrogens (tertiary/aromatic N) is 2. The molecule has 1 saturated heterocycles. The third kappa shape index (κ3) is 4.62. The van der Waals surface area contributed by atoms with E-state index < -0.39 is 9.84 Å². The fourth-order valence-corrected chi connectivity index (χ4v) is 5.26. The number of sulfone groups is 1. The van der Waals surface area contributed by atoms with Gasteiger partial charge in [-0.1, -0.05) is 0 Å². The summed E-state index contributed by atoms with van der Waals surface area (Å²) in [4.78, 5) is 18.2. The maximum atomic E-state index is 13.0. The van der Waals surface area contributed by atoms with Gasteiger partial charge in [-0.15, -0.1) is 11.3 Å². The zero-order chi connectivity index (χ0) is 18.0. The Labute approximate surface area is 149 Å². The first-order chi connectivity index (χ1) is 11.8. The van der Waals surface area contributed by atoms with Gasteiger partial charge in [-0.2, -0.15) is 0 Å². The zero-order valence-corrected chi connectivity index (χ0v) is 15.2. The van der Waals surface area contributed by atoms with E-state index in [-0.39, 0.29) is 35.8 Å². The minimum absolute atomic E-state index is 0.0999. The molecule has 2 aromatic rings. The fraction of sp³-hybridized carbons (Fsp3) is 0.375. The van der Waals surface area contributed by atoms with E-state index in [4.69, 9.17) is 0 Å². The van der Waals surface area contributed by atoms with Crippen molar-refractivity contribution in [2.75, 3.05) is 30.4 Å². The Bertz CT molecular complexity index is 865. The lowest BCUT2D eigenvalue weighted by Gasteiger charge is -2.21. The van der Waals surface area contributed by atoms with Crippen molar-refractivity contribution in [1.82, 2.24) is 9.88 Å². The predicted molar refractivity (Wildman–Crippen MR) is 95.8 cm³/mol. The molecule has 0 aliphatic carbocycles. The third-order valence-corrected chi connectivity index (χ3v) is 6.62. The smallest absolute Gasteiger partial charge is 0.240 e. The highest BCUT2D eigenvalue weighted by Crippen LogP contribution is 2.25. The van der Waals surface area contributed by atoms with Crippen LogP contribution in [0.4, 0.5) is 9.52 Å². The number of halogens is 1. The largest absolute Gasteiger partial charge is 0.301 e. The van der Waals surface area contributed by atoms with E-state index in [9.17, 15) is 17.6 Å². The number of thiazole rings is 1. The lowest BCUT2D eigenvalue weighted by molar-refractivity contribution is -0.117. The van der Waals surface area contributed by atoms with Crippen molar-refractivity contribution in [3.05, 3.63) is 35.5 Å². The van der Waals surface area contributed by atoms with Gasteiger partial charge in [0.2, 0.25) is 5.91 Å². The molecule has 1 atom stereocenters. The topological polar surface area (TPSA) is 79.4 Å². The van der Waals surface area contributed by atoms with Crippen LogP contribution in [0.2, 0.25) is 0 Å². The van der Waals surface area contributed by atoms with E-state index >= 15 is 0 Å². The summed E-state index contributed by atoms with van der Waals surface area (Å²) in [6.07, 6.45) is 0.554. The molecular weight excluding hydrogens is 365 g/mol. The molecule has 1 aliphatic heterocycles. The fourth-order valence-electron chi connectivity index (χ4n) is 2.72. The van der Waals surface area contributed by atoms with Gasteiger partial charge in [-0.25, -0.2) is 17.8 Å². The molecule has 1 aromatic carbocycles. The number of carbonyl (C=O) groups excluding carboxylic acids is 1. The summed E-state index contributed by atoms with van der Waals surface area (Å²) in [5.74, 6) is -0.281. The number of anilines is 1. The minimum atomic E-state index is -2.98. The highest BCUT2D eigenvalue weighted by molar-refractivity contribution is 7.91. The van der Waals surface area contributed by atoms with Crippen LogP contribution in [0.25, 0.3) is 11.3 Å². The molecule has 0 bridgehead atoms. The molecule has 6 nitrogen and oxygen atoms in total. The summed E-state index contributed by atoms with van der Waals surface area (Å²) in [6.45, 7) is 0.103. The van der Waals surface area contributed by atoms with Crippen LogP contribution in [0.5, 0.6) is 0 Å². The second-order valence-corrected chi connectivity index (χ2v) is 9.15. The maximum absolute atomic E-state index is 13.0. The van der Waals surface area contributed by atoms with E-state index in [2.05, 4.69) is 10.3 Å². The van der Waals surface area contributed by atoms with Crippen LogP contribution in [0.1, 0.15) is 6.42 Å². The molecule has 134 valence electrons. The molecule has 9 heteroatoms. The van der Waals surface area contributed by atoms with Gasteiger partial charge in [-0.3, -0.25) is 9.69 Å². The van der Waals surface area contributed by atoms with Crippen molar-refractivity contribution in [3.63, 3.8) is 0 Å². The molecule has 25 heavy (non-hydrogen) atoms. The second-order valence-electron chi connectivity index (χ2n) is 6.06. The molecule has 3 rings (SSSR count). The van der Waals surface area contributed by atoms with Crippen molar-refractivity contribution < 1.29 is 17.6 Å². The minimum Gasteiger partial charge on any atom is -0.301 e. The second kappa shape index (κ2) is 7.19. The molecule has 1 unspecified atom stereocenters. The van der Waals surface area contributed by atoms with Crippen LogP contribution in [-0.4, -0.2) is 55.3 Å².